The second kappa shape index (κ2) is 28.8. The highest BCUT2D eigenvalue weighted by Gasteiger charge is 2.40. The smallest absolute Gasteiger partial charge is 0.306 e. The molecule has 3 saturated carbocycles. The molecule has 0 aromatic heterocycles. The van der Waals surface area contributed by atoms with Gasteiger partial charge in [0, 0.05) is 19.3 Å². The number of unbranched alkanes of at least 4 members (excludes halogenated alkanes) is 10. The molecular weight excluding hydrogens is 638 g/mol. The Labute approximate surface area is 314 Å². The SMILES string of the molecule is CCCCCC(CCCCC)CCOC(=O)CCCCCCCC(CCCCCC(=O)OCCC12CCC(CC1)CC2)OC(=O)CCCN(C)C. The third-order valence-electron chi connectivity index (χ3n) is 12.0. The number of carbonyl (C=O) groups is 3. The molecule has 3 fully saturated rings. The predicted octanol–water partition coefficient (Wildman–Crippen LogP) is 11.5. The van der Waals surface area contributed by atoms with E-state index in [9.17, 15) is 14.4 Å². The molecule has 0 amide bonds. The first-order chi connectivity index (χ1) is 24.7. The van der Waals surface area contributed by atoms with Crippen molar-refractivity contribution in [2.75, 3.05) is 33.9 Å². The molecule has 51 heavy (non-hydrogen) atoms. The molecule has 7 heteroatoms. The molecule has 3 rings (SSSR count). The van der Waals surface area contributed by atoms with Crippen molar-refractivity contribution < 1.29 is 28.6 Å². The van der Waals surface area contributed by atoms with E-state index in [-0.39, 0.29) is 24.0 Å². The molecule has 0 aromatic carbocycles. The fraction of sp³-hybridized carbons (Fsp3) is 0.932. The first kappa shape index (κ1) is 45.5. The molecule has 0 spiro atoms. The Bertz CT molecular complexity index is 874. The van der Waals surface area contributed by atoms with Crippen molar-refractivity contribution in [1.29, 1.82) is 0 Å². The van der Waals surface area contributed by atoms with Crippen LogP contribution in [0.3, 0.4) is 0 Å². The van der Waals surface area contributed by atoms with E-state index in [2.05, 4.69) is 18.7 Å². The number of hydrogen-bond donors (Lipinski definition) is 0. The molecule has 0 radical (unpaired) electrons. The van der Waals surface area contributed by atoms with Crippen molar-refractivity contribution in [2.45, 2.75) is 213 Å². The summed E-state index contributed by atoms with van der Waals surface area (Å²) in [5.74, 6) is 1.45. The van der Waals surface area contributed by atoms with Crippen molar-refractivity contribution in [1.82, 2.24) is 4.90 Å². The number of rotatable bonds is 33. The maximum Gasteiger partial charge on any atom is 0.306 e. The van der Waals surface area contributed by atoms with Crippen LogP contribution in [0.2, 0.25) is 0 Å². The summed E-state index contributed by atoms with van der Waals surface area (Å²) in [6, 6.07) is 0. The molecule has 0 N–H and O–H groups in total. The number of nitrogens with zero attached hydrogens (tertiary/aromatic N) is 1. The lowest BCUT2D eigenvalue weighted by atomic mass is 9.59. The van der Waals surface area contributed by atoms with E-state index in [1.807, 2.05) is 14.1 Å². The van der Waals surface area contributed by atoms with Crippen LogP contribution in [-0.2, 0) is 28.6 Å². The molecular formula is C44H81NO6. The molecule has 298 valence electrons. The van der Waals surface area contributed by atoms with Crippen LogP contribution in [0.15, 0.2) is 0 Å². The van der Waals surface area contributed by atoms with Crippen LogP contribution in [0.5, 0.6) is 0 Å². The van der Waals surface area contributed by atoms with Crippen LogP contribution in [0.4, 0.5) is 0 Å². The van der Waals surface area contributed by atoms with E-state index < -0.39 is 0 Å². The standard InChI is InChI=1S/C44H81NO6/c1-5-7-13-20-38(21-14-8-6-2)30-36-49-41(46)24-17-11-9-10-15-22-40(51-43(48)26-19-35-45(3)4)23-16-12-18-25-42(47)50-37-34-44-31-27-39(28-32-44)29-33-44/h38-40H,5-37H2,1-4H3. The Morgan fingerprint density at radius 3 is 1.65 bits per heavy atom. The zero-order valence-electron chi connectivity index (χ0n) is 34.0. The average molecular weight is 720 g/mol. The molecule has 7 nitrogen and oxygen atoms in total. The van der Waals surface area contributed by atoms with Gasteiger partial charge in [-0.3, -0.25) is 14.4 Å². The van der Waals surface area contributed by atoms with E-state index >= 15 is 0 Å². The summed E-state index contributed by atoms with van der Waals surface area (Å²) in [7, 11) is 4.04. The van der Waals surface area contributed by atoms with Crippen molar-refractivity contribution in [2.24, 2.45) is 17.3 Å². The van der Waals surface area contributed by atoms with Crippen molar-refractivity contribution >= 4 is 17.9 Å². The Kier molecular flexibility index (Phi) is 25.7. The molecule has 0 heterocycles. The van der Waals surface area contributed by atoms with Gasteiger partial charge in [0.1, 0.15) is 6.10 Å². The minimum atomic E-state index is -0.0944. The molecule has 0 saturated heterocycles. The zero-order valence-corrected chi connectivity index (χ0v) is 34.0. The first-order valence-electron chi connectivity index (χ1n) is 21.9. The summed E-state index contributed by atoms with van der Waals surface area (Å²) in [5, 5.41) is 0. The Morgan fingerprint density at radius 1 is 0.588 bits per heavy atom. The quantitative estimate of drug-likeness (QED) is 0.0379. The van der Waals surface area contributed by atoms with Gasteiger partial charge in [0.15, 0.2) is 0 Å². The number of esters is 3. The molecule has 1 unspecified atom stereocenters. The van der Waals surface area contributed by atoms with Gasteiger partial charge in [-0.25, -0.2) is 0 Å². The minimum absolute atomic E-state index is 0.0451. The summed E-state index contributed by atoms with van der Waals surface area (Å²) in [4.78, 5) is 39.4. The first-order valence-corrected chi connectivity index (χ1v) is 21.9. The predicted molar refractivity (Wildman–Crippen MR) is 210 cm³/mol. The van der Waals surface area contributed by atoms with Crippen molar-refractivity contribution in [3.63, 3.8) is 0 Å². The molecule has 0 aromatic rings. The Balaban J connectivity index is 1.57. The van der Waals surface area contributed by atoms with Crippen LogP contribution in [0, 0.1) is 17.3 Å². The van der Waals surface area contributed by atoms with E-state index in [1.165, 1.54) is 89.9 Å². The molecule has 2 bridgehead atoms. The van der Waals surface area contributed by atoms with Gasteiger partial charge in [-0.1, -0.05) is 90.9 Å². The van der Waals surface area contributed by atoms with Crippen LogP contribution in [0.25, 0.3) is 0 Å². The maximum absolute atomic E-state index is 12.6. The van der Waals surface area contributed by atoms with E-state index in [4.69, 9.17) is 14.2 Å². The summed E-state index contributed by atoms with van der Waals surface area (Å²) in [6.07, 6.45) is 32.1. The number of ether oxygens (including phenoxy) is 3. The largest absolute Gasteiger partial charge is 0.466 e. The highest BCUT2D eigenvalue weighted by molar-refractivity contribution is 5.70. The van der Waals surface area contributed by atoms with Crippen LogP contribution in [-0.4, -0.2) is 62.8 Å². The number of fused-ring (bicyclic) bond motifs is 3. The molecule has 1 atom stereocenters. The van der Waals surface area contributed by atoms with Crippen LogP contribution < -0.4 is 0 Å². The topological polar surface area (TPSA) is 82.1 Å². The van der Waals surface area contributed by atoms with E-state index in [0.29, 0.717) is 43.8 Å². The minimum Gasteiger partial charge on any atom is -0.466 e. The monoisotopic (exact) mass is 720 g/mol. The third-order valence-corrected chi connectivity index (χ3v) is 12.0. The molecule has 3 aliphatic rings. The second-order valence-electron chi connectivity index (χ2n) is 16.7. The lowest BCUT2D eigenvalue weighted by molar-refractivity contribution is -0.150. The number of carbonyl (C=O) groups excluding carboxylic acids is 3. The van der Waals surface area contributed by atoms with Crippen molar-refractivity contribution in [3.05, 3.63) is 0 Å². The summed E-state index contributed by atoms with van der Waals surface area (Å²) in [6.45, 7) is 6.54. The Morgan fingerprint density at radius 2 is 1.08 bits per heavy atom. The molecule has 3 aliphatic carbocycles. The van der Waals surface area contributed by atoms with Crippen LogP contribution in [0.1, 0.15) is 206 Å². The van der Waals surface area contributed by atoms with Crippen molar-refractivity contribution in [3.8, 4) is 0 Å². The lowest BCUT2D eigenvalue weighted by Crippen LogP contribution is -2.35. The number of hydrogen-bond acceptors (Lipinski definition) is 7. The van der Waals surface area contributed by atoms with Gasteiger partial charge in [-0.2, -0.15) is 0 Å². The Hall–Kier alpha value is -1.63. The van der Waals surface area contributed by atoms with Gasteiger partial charge in [-0.15, -0.1) is 0 Å². The fourth-order valence-electron chi connectivity index (χ4n) is 8.41. The zero-order chi connectivity index (χ0) is 37.0. The highest BCUT2D eigenvalue weighted by atomic mass is 16.5. The van der Waals surface area contributed by atoms with E-state index in [0.717, 1.165) is 95.9 Å². The van der Waals surface area contributed by atoms with E-state index in [1.54, 1.807) is 0 Å². The highest BCUT2D eigenvalue weighted by Crippen LogP contribution is 2.52. The van der Waals surface area contributed by atoms with Gasteiger partial charge in [0.2, 0.25) is 0 Å². The summed E-state index contributed by atoms with van der Waals surface area (Å²) >= 11 is 0. The normalized spacial score (nSPS) is 19.1. The average Bonchev–Trinajstić information content (AvgIpc) is 3.11. The second-order valence-corrected chi connectivity index (χ2v) is 16.7. The van der Waals surface area contributed by atoms with Crippen LogP contribution >= 0.6 is 0 Å². The summed E-state index contributed by atoms with van der Waals surface area (Å²) < 4.78 is 17.2. The van der Waals surface area contributed by atoms with Gasteiger partial charge in [-0.05, 0) is 134 Å². The van der Waals surface area contributed by atoms with Gasteiger partial charge in [0.05, 0.1) is 13.2 Å². The lowest BCUT2D eigenvalue weighted by Gasteiger charge is -2.46. The van der Waals surface area contributed by atoms with Gasteiger partial charge >= 0.3 is 17.9 Å². The van der Waals surface area contributed by atoms with Gasteiger partial charge < -0.3 is 19.1 Å². The third kappa shape index (κ3) is 22.9. The molecule has 0 aliphatic heterocycles. The summed E-state index contributed by atoms with van der Waals surface area (Å²) in [5.41, 5.74) is 0.451. The maximum atomic E-state index is 12.6. The van der Waals surface area contributed by atoms with Gasteiger partial charge in [0.25, 0.3) is 0 Å². The fourth-order valence-corrected chi connectivity index (χ4v) is 8.41.